The van der Waals surface area contributed by atoms with E-state index in [0.29, 0.717) is 16.5 Å². The van der Waals surface area contributed by atoms with Crippen molar-refractivity contribution in [3.8, 4) is 11.4 Å². The Morgan fingerprint density at radius 2 is 1.85 bits per heavy atom. The summed E-state index contributed by atoms with van der Waals surface area (Å²) in [6.07, 6.45) is 1.39. The highest BCUT2D eigenvalue weighted by atomic mass is 35.5. The summed E-state index contributed by atoms with van der Waals surface area (Å²) in [7, 11) is 1.58. The van der Waals surface area contributed by atoms with Gasteiger partial charge in [-0.05, 0) is 29.8 Å². The van der Waals surface area contributed by atoms with E-state index in [2.05, 4.69) is 9.97 Å². The van der Waals surface area contributed by atoms with Crippen molar-refractivity contribution in [1.29, 1.82) is 0 Å². The molecule has 0 atom stereocenters. The smallest absolute Gasteiger partial charge is 0.337 e. The highest BCUT2D eigenvalue weighted by Gasteiger charge is 2.18. The van der Waals surface area contributed by atoms with E-state index in [1.807, 2.05) is 12.1 Å². The van der Waals surface area contributed by atoms with E-state index in [0.717, 1.165) is 10.1 Å². The molecule has 136 valence electrons. The van der Waals surface area contributed by atoms with Crippen molar-refractivity contribution in [1.82, 2.24) is 19.1 Å². The third kappa shape index (κ3) is 2.92. The van der Waals surface area contributed by atoms with Crippen LogP contribution in [0.15, 0.2) is 64.4 Å². The summed E-state index contributed by atoms with van der Waals surface area (Å²) in [4.78, 5) is 33.0. The molecule has 2 aromatic carbocycles. The summed E-state index contributed by atoms with van der Waals surface area (Å²) in [5.41, 5.74) is 0.784. The number of aromatic amines is 1. The number of fused-ring (bicyclic) bond motifs is 1. The molecule has 0 aliphatic heterocycles. The van der Waals surface area contributed by atoms with E-state index in [1.165, 1.54) is 10.9 Å². The van der Waals surface area contributed by atoms with Crippen LogP contribution in [0.2, 0.25) is 5.02 Å². The van der Waals surface area contributed by atoms with Crippen LogP contribution in [0.25, 0.3) is 16.9 Å². The number of imidazole rings is 1. The zero-order valence-corrected chi connectivity index (χ0v) is 15.1. The zero-order chi connectivity index (χ0) is 19.0. The first kappa shape index (κ1) is 17.1. The molecular formula is C19H15ClN4O3. The Hall–Kier alpha value is -3.32. The fraction of sp³-hybridized carbons (Fsp3) is 0.105. The van der Waals surface area contributed by atoms with Crippen LogP contribution >= 0.6 is 11.6 Å². The van der Waals surface area contributed by atoms with Crippen LogP contribution in [0.1, 0.15) is 5.56 Å². The highest BCUT2D eigenvalue weighted by molar-refractivity contribution is 6.32. The fourth-order valence-electron chi connectivity index (χ4n) is 2.95. The average Bonchev–Trinajstić information content (AvgIpc) is 3.17. The number of ether oxygens (including phenoxy) is 1. The van der Waals surface area contributed by atoms with Gasteiger partial charge in [-0.25, -0.2) is 14.3 Å². The van der Waals surface area contributed by atoms with Crippen LogP contribution in [-0.2, 0) is 6.54 Å². The van der Waals surface area contributed by atoms with Gasteiger partial charge in [0.1, 0.15) is 11.3 Å². The number of nitrogens with zero attached hydrogens (tertiary/aromatic N) is 3. The quantitative estimate of drug-likeness (QED) is 0.588. The molecule has 4 rings (SSSR count). The summed E-state index contributed by atoms with van der Waals surface area (Å²) in [6, 6.07) is 14.1. The molecule has 1 N–H and O–H groups in total. The summed E-state index contributed by atoms with van der Waals surface area (Å²) < 4.78 is 7.65. The number of methoxy groups -OCH3 is 1. The monoisotopic (exact) mass is 382 g/mol. The summed E-state index contributed by atoms with van der Waals surface area (Å²) in [6.45, 7) is 0.112. The maximum absolute atomic E-state index is 13.2. The van der Waals surface area contributed by atoms with Crippen LogP contribution in [0.3, 0.4) is 0 Å². The molecule has 8 heteroatoms. The lowest BCUT2D eigenvalue weighted by molar-refractivity contribution is 0.414. The van der Waals surface area contributed by atoms with E-state index in [-0.39, 0.29) is 17.7 Å². The van der Waals surface area contributed by atoms with Gasteiger partial charge in [0.2, 0.25) is 0 Å². The van der Waals surface area contributed by atoms with E-state index < -0.39 is 11.2 Å². The summed E-state index contributed by atoms with van der Waals surface area (Å²) in [5.74, 6) is 0.698. The van der Waals surface area contributed by atoms with Gasteiger partial charge in [0.25, 0.3) is 5.56 Å². The van der Waals surface area contributed by atoms with E-state index >= 15 is 0 Å². The molecule has 7 nitrogen and oxygen atoms in total. The van der Waals surface area contributed by atoms with Gasteiger partial charge in [-0.15, -0.1) is 0 Å². The summed E-state index contributed by atoms with van der Waals surface area (Å²) >= 11 is 6.28. The Labute approximate surface area is 158 Å². The third-order valence-electron chi connectivity index (χ3n) is 4.31. The van der Waals surface area contributed by atoms with Crippen LogP contribution in [0.4, 0.5) is 0 Å². The van der Waals surface area contributed by atoms with Gasteiger partial charge in [-0.2, -0.15) is 0 Å². The van der Waals surface area contributed by atoms with Crippen molar-refractivity contribution in [3.05, 3.63) is 86.3 Å². The first-order valence-electron chi connectivity index (χ1n) is 8.17. The normalized spacial score (nSPS) is 11.0. The van der Waals surface area contributed by atoms with Gasteiger partial charge in [0.15, 0.2) is 5.65 Å². The Morgan fingerprint density at radius 3 is 2.56 bits per heavy atom. The number of hydrogen-bond acceptors (Lipinski definition) is 4. The summed E-state index contributed by atoms with van der Waals surface area (Å²) in [5, 5.41) is 0.388. The standard InChI is InChI=1S/C19H15ClN4O3/c1-27-13-8-6-12(7-9-13)10-23-18(25)16-17(22-11-21-16)24(19(23)26)15-5-3-2-4-14(15)20/h2-9,11H,10H2,1H3,(H,21,22). The number of aromatic nitrogens is 4. The predicted molar refractivity (Wildman–Crippen MR) is 103 cm³/mol. The molecule has 27 heavy (non-hydrogen) atoms. The molecule has 0 aliphatic rings. The van der Waals surface area contributed by atoms with Gasteiger partial charge in [0, 0.05) is 0 Å². The minimum Gasteiger partial charge on any atom is -0.497 e. The Bertz CT molecular complexity index is 1240. The molecule has 4 aromatic rings. The van der Waals surface area contributed by atoms with Gasteiger partial charge in [-0.3, -0.25) is 9.36 Å². The number of H-pyrrole nitrogens is 1. The zero-order valence-electron chi connectivity index (χ0n) is 14.3. The number of nitrogens with one attached hydrogen (secondary N) is 1. The van der Waals surface area contributed by atoms with Crippen molar-refractivity contribution in [3.63, 3.8) is 0 Å². The van der Waals surface area contributed by atoms with Gasteiger partial charge >= 0.3 is 5.69 Å². The number of halogens is 1. The topological polar surface area (TPSA) is 81.9 Å². The highest BCUT2D eigenvalue weighted by Crippen LogP contribution is 2.20. The van der Waals surface area contributed by atoms with Crippen molar-refractivity contribution in [2.24, 2.45) is 0 Å². The van der Waals surface area contributed by atoms with Crippen molar-refractivity contribution in [2.75, 3.05) is 7.11 Å². The molecule has 0 aliphatic carbocycles. The van der Waals surface area contributed by atoms with E-state index in [9.17, 15) is 9.59 Å². The van der Waals surface area contributed by atoms with Crippen LogP contribution in [-0.4, -0.2) is 26.2 Å². The Kier molecular flexibility index (Phi) is 4.29. The SMILES string of the molecule is COc1ccc(Cn2c(=O)c3[nH]cnc3n(-c3ccccc3Cl)c2=O)cc1. The molecular weight excluding hydrogens is 368 g/mol. The van der Waals surface area contributed by atoms with Crippen molar-refractivity contribution < 1.29 is 4.74 Å². The molecule has 2 aromatic heterocycles. The maximum Gasteiger partial charge on any atom is 0.337 e. The maximum atomic E-state index is 13.2. The fourth-order valence-corrected chi connectivity index (χ4v) is 3.17. The minimum atomic E-state index is -0.511. The van der Waals surface area contributed by atoms with Gasteiger partial charge < -0.3 is 9.72 Å². The second kappa shape index (κ2) is 6.77. The minimum absolute atomic E-state index is 0.112. The largest absolute Gasteiger partial charge is 0.497 e. The van der Waals surface area contributed by atoms with Crippen LogP contribution < -0.4 is 16.0 Å². The Morgan fingerprint density at radius 1 is 1.11 bits per heavy atom. The van der Waals surface area contributed by atoms with Crippen LogP contribution in [0, 0.1) is 0 Å². The molecule has 0 unspecified atom stereocenters. The van der Waals surface area contributed by atoms with E-state index in [1.54, 1.807) is 43.5 Å². The third-order valence-corrected chi connectivity index (χ3v) is 4.63. The molecule has 0 radical (unpaired) electrons. The van der Waals surface area contributed by atoms with Crippen molar-refractivity contribution in [2.45, 2.75) is 6.54 Å². The molecule has 2 heterocycles. The molecule has 0 bridgehead atoms. The van der Waals surface area contributed by atoms with Crippen molar-refractivity contribution >= 4 is 22.8 Å². The molecule has 0 saturated heterocycles. The van der Waals surface area contributed by atoms with Gasteiger partial charge in [-0.1, -0.05) is 35.9 Å². The molecule has 0 saturated carbocycles. The second-order valence-corrected chi connectivity index (χ2v) is 6.32. The number of para-hydroxylation sites is 1. The Balaban J connectivity index is 1.95. The van der Waals surface area contributed by atoms with Gasteiger partial charge in [0.05, 0.1) is 30.7 Å². The number of rotatable bonds is 4. The lowest BCUT2D eigenvalue weighted by Crippen LogP contribution is -2.40. The number of benzene rings is 2. The second-order valence-electron chi connectivity index (χ2n) is 5.91. The first-order valence-corrected chi connectivity index (χ1v) is 8.54. The lowest BCUT2D eigenvalue weighted by Gasteiger charge is -2.12. The predicted octanol–water partition coefficient (Wildman–Crippen LogP) is 2.59. The lowest BCUT2D eigenvalue weighted by atomic mass is 10.2. The molecule has 0 spiro atoms. The molecule has 0 amide bonds. The number of hydrogen-bond donors (Lipinski definition) is 1. The van der Waals surface area contributed by atoms with Crippen LogP contribution in [0.5, 0.6) is 5.75 Å². The first-order chi connectivity index (χ1) is 13.1. The van der Waals surface area contributed by atoms with E-state index in [4.69, 9.17) is 16.3 Å². The average molecular weight is 383 g/mol. The molecule has 0 fully saturated rings.